The van der Waals surface area contributed by atoms with Crippen LogP contribution >= 0.6 is 11.3 Å². The number of hydrogen-bond acceptors (Lipinski definition) is 5. The third-order valence-electron chi connectivity index (χ3n) is 4.94. The number of amides is 2. The van der Waals surface area contributed by atoms with Gasteiger partial charge in [-0.1, -0.05) is 37.1 Å². The Kier molecular flexibility index (Phi) is 7.99. The molecule has 0 saturated carbocycles. The predicted molar refractivity (Wildman–Crippen MR) is 112 cm³/mol. The number of anilines is 1. The molecule has 1 aromatic carbocycles. The smallest absolute Gasteiger partial charge is 0.226 e. The van der Waals surface area contributed by atoms with E-state index >= 15 is 0 Å². The highest BCUT2D eigenvalue weighted by Crippen LogP contribution is 2.16. The maximum absolute atomic E-state index is 12.2. The van der Waals surface area contributed by atoms with Crippen molar-refractivity contribution in [2.24, 2.45) is 0 Å². The second-order valence-electron chi connectivity index (χ2n) is 7.12. The number of nitrogens with zero attached hydrogens (tertiary/aromatic N) is 2. The molecule has 1 aromatic heterocycles. The van der Waals surface area contributed by atoms with Gasteiger partial charge in [0.25, 0.3) is 0 Å². The molecule has 1 aliphatic rings. The number of likely N-dealkylation sites (tertiary alicyclic amines) is 1. The van der Waals surface area contributed by atoms with Crippen LogP contribution in [0.1, 0.15) is 49.7 Å². The lowest BCUT2D eigenvalue weighted by Crippen LogP contribution is -2.27. The van der Waals surface area contributed by atoms with E-state index in [9.17, 15) is 9.59 Å². The van der Waals surface area contributed by atoms with Gasteiger partial charge in [-0.2, -0.15) is 0 Å². The van der Waals surface area contributed by atoms with E-state index in [1.165, 1.54) is 42.6 Å². The number of aromatic nitrogens is 1. The van der Waals surface area contributed by atoms with Crippen LogP contribution in [-0.2, 0) is 22.7 Å². The highest BCUT2D eigenvalue weighted by molar-refractivity contribution is 7.13. The van der Waals surface area contributed by atoms with Crippen LogP contribution in [0, 0.1) is 0 Å². The molecule has 6 nitrogen and oxygen atoms in total. The summed E-state index contributed by atoms with van der Waals surface area (Å²) in [4.78, 5) is 30.5. The van der Waals surface area contributed by atoms with Gasteiger partial charge in [0.1, 0.15) is 0 Å². The summed E-state index contributed by atoms with van der Waals surface area (Å²) in [5, 5.41) is 8.01. The van der Waals surface area contributed by atoms with Crippen LogP contribution in [0.15, 0.2) is 35.8 Å². The summed E-state index contributed by atoms with van der Waals surface area (Å²) in [5.74, 6) is -0.300. The van der Waals surface area contributed by atoms with E-state index < -0.39 is 0 Å². The molecule has 2 heterocycles. The molecule has 0 spiro atoms. The molecule has 0 atom stereocenters. The van der Waals surface area contributed by atoms with Crippen LogP contribution < -0.4 is 10.6 Å². The molecule has 28 heavy (non-hydrogen) atoms. The lowest BCUT2D eigenvalue weighted by atomic mass is 10.1. The van der Waals surface area contributed by atoms with Crippen molar-refractivity contribution < 1.29 is 9.59 Å². The zero-order chi connectivity index (χ0) is 19.6. The third-order valence-corrected chi connectivity index (χ3v) is 5.63. The fourth-order valence-electron chi connectivity index (χ4n) is 3.40. The van der Waals surface area contributed by atoms with Gasteiger partial charge in [-0.15, -0.1) is 11.3 Å². The predicted octanol–water partition coefficient (Wildman–Crippen LogP) is 3.55. The number of hydrogen-bond donors (Lipinski definition) is 2. The minimum atomic E-state index is -0.188. The zero-order valence-corrected chi connectivity index (χ0v) is 17.0. The van der Waals surface area contributed by atoms with Gasteiger partial charge in [0.2, 0.25) is 11.8 Å². The molecule has 1 saturated heterocycles. The minimum Gasteiger partial charge on any atom is -0.352 e. The highest BCUT2D eigenvalue weighted by atomic mass is 32.1. The van der Waals surface area contributed by atoms with E-state index in [0.717, 1.165) is 25.2 Å². The quantitative estimate of drug-likeness (QED) is 0.711. The highest BCUT2D eigenvalue weighted by Gasteiger charge is 2.13. The van der Waals surface area contributed by atoms with Crippen molar-refractivity contribution in [2.75, 3.05) is 18.4 Å². The third kappa shape index (κ3) is 6.73. The van der Waals surface area contributed by atoms with Gasteiger partial charge in [0.15, 0.2) is 5.13 Å². The molecule has 0 aliphatic carbocycles. The Hall–Kier alpha value is -2.25. The summed E-state index contributed by atoms with van der Waals surface area (Å²) >= 11 is 1.36. The summed E-state index contributed by atoms with van der Waals surface area (Å²) in [6.45, 7) is 3.73. The lowest BCUT2D eigenvalue weighted by molar-refractivity contribution is -0.124. The van der Waals surface area contributed by atoms with E-state index in [1.54, 1.807) is 11.6 Å². The van der Waals surface area contributed by atoms with Crippen molar-refractivity contribution in [1.29, 1.82) is 0 Å². The summed E-state index contributed by atoms with van der Waals surface area (Å²) in [6.07, 6.45) is 7.14. The van der Waals surface area contributed by atoms with Crippen molar-refractivity contribution in [3.05, 3.63) is 47.0 Å². The van der Waals surface area contributed by atoms with Crippen molar-refractivity contribution in [1.82, 2.24) is 15.2 Å². The maximum Gasteiger partial charge on any atom is 0.226 e. The fraction of sp³-hybridized carbons (Fsp3) is 0.476. The first-order chi connectivity index (χ1) is 13.7. The van der Waals surface area contributed by atoms with Crippen LogP contribution in [0.25, 0.3) is 0 Å². The van der Waals surface area contributed by atoms with E-state index in [4.69, 9.17) is 0 Å². The number of nitrogens with one attached hydrogen (secondary N) is 2. The molecular weight excluding hydrogens is 372 g/mol. The van der Waals surface area contributed by atoms with E-state index in [1.807, 2.05) is 6.07 Å². The standard InChI is InChI=1S/C21H28N4O2S/c26-19(9-10-20(27)24-21-22-11-14-28-21)23-15-17-7-3-4-8-18(17)16-25-12-5-1-2-6-13-25/h3-4,7-8,11,14H,1-2,5-6,9-10,12-13,15-16H2,(H,23,26)(H,22,24,27). The maximum atomic E-state index is 12.2. The van der Waals surface area contributed by atoms with Crippen molar-refractivity contribution in [2.45, 2.75) is 51.6 Å². The fourth-order valence-corrected chi connectivity index (χ4v) is 3.94. The van der Waals surface area contributed by atoms with Crippen LogP contribution in [0.3, 0.4) is 0 Å². The second kappa shape index (κ2) is 10.9. The molecule has 0 unspecified atom stereocenters. The summed E-state index contributed by atoms with van der Waals surface area (Å²) in [7, 11) is 0. The second-order valence-corrected chi connectivity index (χ2v) is 8.02. The lowest BCUT2D eigenvalue weighted by Gasteiger charge is -2.21. The SMILES string of the molecule is O=C(CCC(=O)Nc1nccs1)NCc1ccccc1CN1CCCCCC1. The van der Waals surface area contributed by atoms with Gasteiger partial charge in [-0.05, 0) is 37.1 Å². The number of carbonyl (C=O) groups is 2. The molecule has 150 valence electrons. The van der Waals surface area contributed by atoms with Gasteiger partial charge in [0.05, 0.1) is 0 Å². The molecule has 0 radical (unpaired) electrons. The van der Waals surface area contributed by atoms with E-state index in [-0.39, 0.29) is 24.7 Å². The molecule has 1 aliphatic heterocycles. The molecule has 3 rings (SSSR count). The average Bonchev–Trinajstić information content (AvgIpc) is 3.07. The number of carbonyl (C=O) groups excluding carboxylic acids is 2. The summed E-state index contributed by atoms with van der Waals surface area (Å²) in [5.41, 5.74) is 2.42. The molecule has 2 aromatic rings. The van der Waals surface area contributed by atoms with Crippen molar-refractivity contribution in [3.8, 4) is 0 Å². The Bertz CT molecular complexity index is 756. The van der Waals surface area contributed by atoms with Gasteiger partial charge < -0.3 is 10.6 Å². The Labute approximate surface area is 170 Å². The number of rotatable bonds is 8. The molecule has 2 amide bonds. The van der Waals surface area contributed by atoms with Crippen molar-refractivity contribution in [3.63, 3.8) is 0 Å². The van der Waals surface area contributed by atoms with E-state index in [2.05, 4.69) is 38.7 Å². The average molecular weight is 401 g/mol. The van der Waals surface area contributed by atoms with Crippen LogP contribution in [-0.4, -0.2) is 34.8 Å². The topological polar surface area (TPSA) is 74.3 Å². The Morgan fingerprint density at radius 2 is 1.71 bits per heavy atom. The molecule has 1 fully saturated rings. The first-order valence-corrected chi connectivity index (χ1v) is 10.8. The monoisotopic (exact) mass is 400 g/mol. The first kappa shape index (κ1) is 20.5. The van der Waals surface area contributed by atoms with Crippen LogP contribution in [0.5, 0.6) is 0 Å². The Balaban J connectivity index is 1.44. The molecular formula is C21H28N4O2S. The van der Waals surface area contributed by atoms with Gasteiger partial charge in [0, 0.05) is 37.5 Å². The zero-order valence-electron chi connectivity index (χ0n) is 16.2. The number of thiazole rings is 1. The Morgan fingerprint density at radius 3 is 2.43 bits per heavy atom. The summed E-state index contributed by atoms with van der Waals surface area (Å²) in [6, 6.07) is 8.28. The largest absolute Gasteiger partial charge is 0.352 e. The first-order valence-electron chi connectivity index (χ1n) is 9.96. The number of benzene rings is 1. The molecule has 2 N–H and O–H groups in total. The van der Waals surface area contributed by atoms with Gasteiger partial charge >= 0.3 is 0 Å². The van der Waals surface area contributed by atoms with Crippen molar-refractivity contribution >= 4 is 28.3 Å². The minimum absolute atomic E-state index is 0.112. The summed E-state index contributed by atoms with van der Waals surface area (Å²) < 4.78 is 0. The van der Waals surface area contributed by atoms with Gasteiger partial charge in [-0.25, -0.2) is 4.98 Å². The normalized spacial score (nSPS) is 15.0. The van der Waals surface area contributed by atoms with Crippen LogP contribution in [0.2, 0.25) is 0 Å². The Morgan fingerprint density at radius 1 is 1.00 bits per heavy atom. The van der Waals surface area contributed by atoms with E-state index in [0.29, 0.717) is 11.7 Å². The van der Waals surface area contributed by atoms with Crippen LogP contribution in [0.4, 0.5) is 5.13 Å². The van der Waals surface area contributed by atoms with Gasteiger partial charge in [-0.3, -0.25) is 14.5 Å². The molecule has 0 bridgehead atoms. The molecule has 7 heteroatoms.